The summed E-state index contributed by atoms with van der Waals surface area (Å²) in [6, 6.07) is -0.148. The van der Waals surface area contributed by atoms with E-state index in [2.05, 4.69) is 12.2 Å². The van der Waals surface area contributed by atoms with Gasteiger partial charge in [-0.05, 0) is 18.8 Å². The fraction of sp³-hybridized carbons (Fsp3) is 0.909. The summed E-state index contributed by atoms with van der Waals surface area (Å²) in [5.41, 5.74) is 0. The Morgan fingerprint density at radius 2 is 2.27 bits per heavy atom. The molecule has 0 aromatic heterocycles. The largest absolute Gasteiger partial charge is 0.383 e. The van der Waals surface area contributed by atoms with Crippen molar-refractivity contribution in [2.45, 2.75) is 51.6 Å². The third-order valence-corrected chi connectivity index (χ3v) is 2.89. The Bertz CT molecular complexity index is 211. The van der Waals surface area contributed by atoms with Crippen LogP contribution in [0.3, 0.4) is 0 Å². The van der Waals surface area contributed by atoms with Crippen LogP contribution in [-0.2, 0) is 9.53 Å². The van der Waals surface area contributed by atoms with Crippen LogP contribution in [0.1, 0.15) is 39.5 Å². The van der Waals surface area contributed by atoms with Crippen LogP contribution in [0.15, 0.2) is 0 Å². The molecule has 0 aromatic carbocycles. The number of amides is 1. The summed E-state index contributed by atoms with van der Waals surface area (Å²) in [5.74, 6) is 0.580. The van der Waals surface area contributed by atoms with E-state index in [1.54, 1.807) is 0 Å². The van der Waals surface area contributed by atoms with Crippen LogP contribution in [0, 0.1) is 5.92 Å². The van der Waals surface area contributed by atoms with E-state index in [0.29, 0.717) is 18.9 Å². The standard InChI is InChI=1S/C11H20BNO2/c1-3-5-8-6-10(12)15-9(8)7-13-11(14)4-2/h8-10H,3-7H2,1-2H3,(H,13,14). The number of ether oxygens (including phenoxy) is 1. The number of carbonyl (C=O) groups excluding carboxylic acids is 1. The molecule has 1 fully saturated rings. The van der Waals surface area contributed by atoms with Crippen molar-refractivity contribution in [3.63, 3.8) is 0 Å². The van der Waals surface area contributed by atoms with E-state index >= 15 is 0 Å². The Balaban J connectivity index is 2.34. The van der Waals surface area contributed by atoms with Crippen molar-refractivity contribution in [2.75, 3.05) is 6.54 Å². The minimum atomic E-state index is -0.148. The number of hydrogen-bond donors (Lipinski definition) is 1. The summed E-state index contributed by atoms with van der Waals surface area (Å²) in [6.45, 7) is 4.61. The predicted octanol–water partition coefficient (Wildman–Crippen LogP) is 1.21. The molecule has 0 spiro atoms. The van der Waals surface area contributed by atoms with Gasteiger partial charge >= 0.3 is 0 Å². The van der Waals surface area contributed by atoms with Crippen molar-refractivity contribution >= 4 is 13.8 Å². The van der Waals surface area contributed by atoms with E-state index in [4.69, 9.17) is 12.6 Å². The van der Waals surface area contributed by atoms with Gasteiger partial charge < -0.3 is 10.1 Å². The van der Waals surface area contributed by atoms with Gasteiger partial charge in [-0.15, -0.1) is 0 Å². The molecule has 1 heterocycles. The smallest absolute Gasteiger partial charge is 0.219 e. The number of rotatable bonds is 5. The summed E-state index contributed by atoms with van der Waals surface area (Å²) in [4.78, 5) is 11.1. The van der Waals surface area contributed by atoms with Crippen molar-refractivity contribution in [3.8, 4) is 0 Å². The predicted molar refractivity (Wildman–Crippen MR) is 60.7 cm³/mol. The third-order valence-electron chi connectivity index (χ3n) is 2.89. The molecule has 0 saturated carbocycles. The lowest BCUT2D eigenvalue weighted by Gasteiger charge is -2.18. The highest BCUT2D eigenvalue weighted by molar-refractivity contribution is 6.11. The van der Waals surface area contributed by atoms with Gasteiger partial charge in [-0.1, -0.05) is 20.3 Å². The maximum Gasteiger partial charge on any atom is 0.219 e. The Morgan fingerprint density at radius 1 is 1.53 bits per heavy atom. The van der Waals surface area contributed by atoms with Gasteiger partial charge in [-0.25, -0.2) is 0 Å². The second-order valence-corrected chi connectivity index (χ2v) is 4.16. The van der Waals surface area contributed by atoms with Crippen LogP contribution >= 0.6 is 0 Å². The molecule has 15 heavy (non-hydrogen) atoms. The summed E-state index contributed by atoms with van der Waals surface area (Å²) in [6.07, 6.45) is 3.81. The molecule has 1 aliphatic rings. The molecule has 1 amide bonds. The van der Waals surface area contributed by atoms with Crippen molar-refractivity contribution in [2.24, 2.45) is 5.92 Å². The Labute approximate surface area is 93.4 Å². The third kappa shape index (κ3) is 3.86. The van der Waals surface area contributed by atoms with Crippen LogP contribution in [0.5, 0.6) is 0 Å². The lowest BCUT2D eigenvalue weighted by atomic mass is 9.88. The quantitative estimate of drug-likeness (QED) is 0.691. The molecule has 1 N–H and O–H groups in total. The van der Waals surface area contributed by atoms with E-state index in [0.717, 1.165) is 19.3 Å². The van der Waals surface area contributed by atoms with Crippen LogP contribution in [0.2, 0.25) is 0 Å². The van der Waals surface area contributed by atoms with Crippen molar-refractivity contribution in [1.82, 2.24) is 5.32 Å². The molecule has 0 bridgehead atoms. The first kappa shape index (κ1) is 12.6. The Kier molecular flexibility index (Phi) is 5.16. The zero-order chi connectivity index (χ0) is 11.3. The fourth-order valence-electron chi connectivity index (χ4n) is 2.07. The van der Waals surface area contributed by atoms with Crippen LogP contribution < -0.4 is 5.32 Å². The van der Waals surface area contributed by atoms with Gasteiger partial charge in [-0.2, -0.15) is 0 Å². The molecule has 1 rings (SSSR count). The van der Waals surface area contributed by atoms with Gasteiger partial charge in [0, 0.05) is 19.0 Å². The normalized spacial score (nSPS) is 30.4. The topological polar surface area (TPSA) is 38.3 Å². The number of carbonyl (C=O) groups is 1. The highest BCUT2D eigenvalue weighted by Gasteiger charge is 2.31. The van der Waals surface area contributed by atoms with E-state index in [-0.39, 0.29) is 18.0 Å². The molecule has 2 radical (unpaired) electrons. The van der Waals surface area contributed by atoms with Gasteiger partial charge in [0.1, 0.15) is 7.85 Å². The molecule has 1 aliphatic heterocycles. The molecule has 3 atom stereocenters. The van der Waals surface area contributed by atoms with E-state index in [9.17, 15) is 4.79 Å². The molecule has 3 nitrogen and oxygen atoms in total. The lowest BCUT2D eigenvalue weighted by Crippen LogP contribution is -2.34. The van der Waals surface area contributed by atoms with E-state index in [1.807, 2.05) is 6.92 Å². The van der Waals surface area contributed by atoms with Crippen molar-refractivity contribution in [1.29, 1.82) is 0 Å². The second kappa shape index (κ2) is 6.16. The van der Waals surface area contributed by atoms with Crippen molar-refractivity contribution in [3.05, 3.63) is 0 Å². The maximum absolute atomic E-state index is 11.1. The Hall–Kier alpha value is -0.505. The van der Waals surface area contributed by atoms with Crippen LogP contribution in [-0.4, -0.2) is 32.4 Å². The van der Waals surface area contributed by atoms with Crippen molar-refractivity contribution < 1.29 is 9.53 Å². The van der Waals surface area contributed by atoms with Gasteiger partial charge in [0.05, 0.1) is 6.10 Å². The average molecular weight is 209 g/mol. The van der Waals surface area contributed by atoms with Crippen LogP contribution in [0.25, 0.3) is 0 Å². The highest BCUT2D eigenvalue weighted by Crippen LogP contribution is 2.28. The SMILES string of the molecule is [B]C1CC(CCC)C(CNC(=O)CC)O1. The van der Waals surface area contributed by atoms with Crippen LogP contribution in [0.4, 0.5) is 0 Å². The molecule has 4 heteroatoms. The zero-order valence-corrected chi connectivity index (χ0v) is 9.66. The molecule has 1 saturated heterocycles. The first-order valence-corrected chi connectivity index (χ1v) is 5.85. The Morgan fingerprint density at radius 3 is 2.87 bits per heavy atom. The molecule has 84 valence electrons. The number of hydrogen-bond acceptors (Lipinski definition) is 2. The molecular weight excluding hydrogens is 189 g/mol. The first-order chi connectivity index (χ1) is 7.17. The van der Waals surface area contributed by atoms with Gasteiger partial charge in [0.15, 0.2) is 0 Å². The van der Waals surface area contributed by atoms with Gasteiger partial charge in [0.2, 0.25) is 5.91 Å². The summed E-state index contributed by atoms with van der Waals surface area (Å²) < 4.78 is 5.58. The molecule has 0 aliphatic carbocycles. The van der Waals surface area contributed by atoms with E-state index < -0.39 is 0 Å². The minimum Gasteiger partial charge on any atom is -0.383 e. The summed E-state index contributed by atoms with van der Waals surface area (Å²) in [5, 5.41) is 2.86. The summed E-state index contributed by atoms with van der Waals surface area (Å²) in [7, 11) is 5.75. The first-order valence-electron chi connectivity index (χ1n) is 5.85. The maximum atomic E-state index is 11.1. The molecule has 0 aromatic rings. The monoisotopic (exact) mass is 209 g/mol. The van der Waals surface area contributed by atoms with Gasteiger partial charge in [-0.3, -0.25) is 4.79 Å². The average Bonchev–Trinajstić information content (AvgIpc) is 2.56. The fourth-order valence-corrected chi connectivity index (χ4v) is 2.07. The highest BCUT2D eigenvalue weighted by atomic mass is 16.5. The van der Waals surface area contributed by atoms with E-state index in [1.165, 1.54) is 0 Å². The number of nitrogens with one attached hydrogen (secondary N) is 1. The molecule has 3 unspecified atom stereocenters. The second-order valence-electron chi connectivity index (χ2n) is 4.16. The lowest BCUT2D eigenvalue weighted by molar-refractivity contribution is -0.121. The zero-order valence-electron chi connectivity index (χ0n) is 9.66. The summed E-state index contributed by atoms with van der Waals surface area (Å²) >= 11 is 0. The minimum absolute atomic E-state index is 0.0781. The van der Waals surface area contributed by atoms with Gasteiger partial charge in [0.25, 0.3) is 0 Å². The molecular formula is C11H20BNO2.